The molecule has 4 aromatic heterocycles. The zero-order valence-electron chi connectivity index (χ0n) is 21.2. The predicted octanol–water partition coefficient (Wildman–Crippen LogP) is 11.8. The number of benzene rings is 2. The van der Waals surface area contributed by atoms with Gasteiger partial charge < -0.3 is 0 Å². The molecule has 6 heteroatoms. The minimum atomic E-state index is 1.04. The Morgan fingerprint density at radius 3 is 1.46 bits per heavy atom. The molecule has 0 radical (unpaired) electrons. The Morgan fingerprint density at radius 2 is 0.923 bits per heavy atom. The van der Waals surface area contributed by atoms with E-state index in [-0.39, 0.29) is 0 Å². The van der Waals surface area contributed by atoms with Gasteiger partial charge in [0, 0.05) is 46.5 Å². The molecule has 2 aromatic carbocycles. The lowest BCUT2D eigenvalue weighted by atomic mass is 10.0. The third-order valence-electron chi connectivity index (χ3n) is 6.76. The van der Waals surface area contributed by atoms with Crippen LogP contribution >= 0.6 is 68.9 Å². The maximum Gasteiger partial charge on any atom is 0.0449 e. The molecule has 0 fully saturated rings. The van der Waals surface area contributed by atoms with Crippen LogP contribution in [0.4, 0.5) is 0 Å². The van der Waals surface area contributed by atoms with Crippen molar-refractivity contribution in [1.82, 2.24) is 0 Å². The molecule has 0 saturated carbocycles. The van der Waals surface area contributed by atoms with Gasteiger partial charge in [0.1, 0.15) is 0 Å². The predicted molar refractivity (Wildman–Crippen MR) is 181 cm³/mol. The summed E-state index contributed by atoms with van der Waals surface area (Å²) in [4.78, 5) is 8.20. The van der Waals surface area contributed by atoms with Crippen molar-refractivity contribution >= 4 is 68.9 Å². The monoisotopic (exact) mass is 614 g/mol. The highest BCUT2D eigenvalue weighted by Gasteiger charge is 2.12. The highest BCUT2D eigenvalue weighted by Crippen LogP contribution is 2.39. The second-order valence-corrected chi connectivity index (χ2v) is 15.8. The lowest BCUT2D eigenvalue weighted by molar-refractivity contribution is 1.14. The number of aryl methyl sites for hydroxylation is 1. The third kappa shape index (κ3) is 6.02. The topological polar surface area (TPSA) is 0 Å². The van der Waals surface area contributed by atoms with Crippen LogP contribution in [0.5, 0.6) is 0 Å². The second kappa shape index (κ2) is 11.8. The molecule has 0 spiro atoms. The SMILES string of the molecule is c1csc(-c2ccc(-c3cc4cc(c3)CSCc3cc(cc(-c5ccc(-c6cccs6)s5)c3)CSCC4)s2)c1. The van der Waals surface area contributed by atoms with Crippen molar-refractivity contribution < 1.29 is 0 Å². The molecule has 0 saturated heterocycles. The average Bonchev–Trinajstić information content (AvgIpc) is 3.76. The molecule has 4 bridgehead atoms. The Morgan fingerprint density at radius 1 is 0.436 bits per heavy atom. The Labute approximate surface area is 254 Å². The Kier molecular flexibility index (Phi) is 7.84. The lowest BCUT2D eigenvalue weighted by Crippen LogP contribution is -1.93. The number of thiophene rings is 4. The van der Waals surface area contributed by atoms with E-state index >= 15 is 0 Å². The summed E-state index contributed by atoms with van der Waals surface area (Å²) in [7, 11) is 0. The van der Waals surface area contributed by atoms with E-state index in [1.165, 1.54) is 62.6 Å². The fourth-order valence-corrected chi connectivity index (χ4v) is 10.4. The van der Waals surface area contributed by atoms with Crippen molar-refractivity contribution in [2.45, 2.75) is 23.7 Å². The standard InChI is InChI=1S/C33H26S6/c1-3-30(36-10-1)32-7-5-28(38-32)26-15-22-9-12-34-19-24-14-25(21-35-20-23(13-22)16-26)18-27(17-24)29-6-8-33(39-29)31-4-2-11-37-31/h1-8,10-11,13-18H,9,12,19-21H2. The fourth-order valence-electron chi connectivity index (χ4n) is 4.96. The number of thioether (sulfide) groups is 2. The van der Waals surface area contributed by atoms with E-state index in [1.54, 1.807) is 0 Å². The quantitative estimate of drug-likeness (QED) is 0.194. The van der Waals surface area contributed by atoms with Gasteiger partial charge in [0.05, 0.1) is 0 Å². The molecule has 0 N–H and O–H groups in total. The minimum Gasteiger partial charge on any atom is -0.157 e. The summed E-state index contributed by atoms with van der Waals surface area (Å²) in [6.45, 7) is 0. The van der Waals surface area contributed by atoms with Crippen molar-refractivity contribution in [3.8, 4) is 40.4 Å². The Hall–Kier alpha value is -2.06. The van der Waals surface area contributed by atoms with Crippen molar-refractivity contribution in [2.24, 2.45) is 0 Å². The summed E-state index contributed by atoms with van der Waals surface area (Å²) in [5, 5.41) is 4.33. The van der Waals surface area contributed by atoms with Crippen LogP contribution < -0.4 is 0 Å². The molecule has 0 amide bonds. The van der Waals surface area contributed by atoms with Crippen LogP contribution in [-0.4, -0.2) is 5.75 Å². The normalized spacial score (nSPS) is 13.9. The average molecular weight is 615 g/mol. The second-order valence-electron chi connectivity index (χ2n) is 9.65. The van der Waals surface area contributed by atoms with Crippen LogP contribution in [0, 0.1) is 0 Å². The summed E-state index contributed by atoms with van der Waals surface area (Å²) in [6.07, 6.45) is 1.11. The van der Waals surface area contributed by atoms with Crippen molar-refractivity contribution in [2.75, 3.05) is 5.75 Å². The van der Waals surface area contributed by atoms with Crippen LogP contribution in [0.25, 0.3) is 40.4 Å². The van der Waals surface area contributed by atoms with E-state index in [4.69, 9.17) is 0 Å². The summed E-state index contributed by atoms with van der Waals surface area (Å²) in [6, 6.07) is 32.5. The maximum absolute atomic E-state index is 2.45. The highest BCUT2D eigenvalue weighted by atomic mass is 32.2. The molecule has 1 aliphatic heterocycles. The van der Waals surface area contributed by atoms with E-state index in [0.717, 1.165) is 29.4 Å². The molecule has 0 unspecified atom stereocenters. The first-order valence-corrected chi connectivity index (χ1v) is 18.7. The molecule has 1 aliphatic rings. The molecule has 5 heterocycles. The van der Waals surface area contributed by atoms with E-state index in [1.807, 2.05) is 57.1 Å². The molecule has 0 aliphatic carbocycles. The zero-order valence-corrected chi connectivity index (χ0v) is 26.1. The summed E-state index contributed by atoms with van der Waals surface area (Å²) in [5.74, 6) is 4.28. The number of hydrogen-bond acceptors (Lipinski definition) is 6. The maximum atomic E-state index is 2.45. The van der Waals surface area contributed by atoms with Crippen molar-refractivity contribution in [1.29, 1.82) is 0 Å². The van der Waals surface area contributed by atoms with Gasteiger partial charge in [-0.3, -0.25) is 0 Å². The summed E-state index contributed by atoms with van der Waals surface area (Å²) >= 11 is 11.6. The molecule has 0 nitrogen and oxygen atoms in total. The first kappa shape index (κ1) is 25.9. The van der Waals surface area contributed by atoms with Crippen LogP contribution in [0.1, 0.15) is 22.3 Å². The Bertz CT molecular complexity index is 1560. The van der Waals surface area contributed by atoms with Gasteiger partial charge in [-0.05, 0) is 111 Å². The van der Waals surface area contributed by atoms with Gasteiger partial charge in [0.25, 0.3) is 0 Å². The zero-order chi connectivity index (χ0) is 26.0. The third-order valence-corrected chi connectivity index (χ3v) is 13.3. The van der Waals surface area contributed by atoms with Crippen LogP contribution in [-0.2, 0) is 23.7 Å². The molecular weight excluding hydrogens is 589 g/mol. The van der Waals surface area contributed by atoms with Crippen LogP contribution in [0.15, 0.2) is 95.7 Å². The summed E-state index contributed by atoms with van der Waals surface area (Å²) < 4.78 is 0. The molecule has 39 heavy (non-hydrogen) atoms. The van der Waals surface area contributed by atoms with E-state index in [2.05, 4.69) is 107 Å². The molecule has 6 aromatic rings. The largest absolute Gasteiger partial charge is 0.157 e. The Balaban J connectivity index is 1.14. The molecule has 7 rings (SSSR count). The van der Waals surface area contributed by atoms with Crippen LogP contribution in [0.2, 0.25) is 0 Å². The van der Waals surface area contributed by atoms with Gasteiger partial charge in [-0.2, -0.15) is 23.5 Å². The van der Waals surface area contributed by atoms with Gasteiger partial charge >= 0.3 is 0 Å². The molecule has 0 atom stereocenters. The van der Waals surface area contributed by atoms with Crippen LogP contribution in [0.3, 0.4) is 0 Å². The first-order valence-electron chi connectivity index (χ1n) is 13.0. The molecule has 194 valence electrons. The van der Waals surface area contributed by atoms with Crippen molar-refractivity contribution in [3.05, 3.63) is 118 Å². The van der Waals surface area contributed by atoms with E-state index in [0.29, 0.717) is 0 Å². The first-order chi connectivity index (χ1) is 19.3. The lowest BCUT2D eigenvalue weighted by Gasteiger charge is -2.09. The number of rotatable bonds is 4. The van der Waals surface area contributed by atoms with E-state index in [9.17, 15) is 0 Å². The fraction of sp³-hybridized carbons (Fsp3) is 0.152. The highest BCUT2D eigenvalue weighted by molar-refractivity contribution is 7.98. The van der Waals surface area contributed by atoms with E-state index < -0.39 is 0 Å². The summed E-state index contributed by atoms with van der Waals surface area (Å²) in [5.41, 5.74) is 8.54. The smallest absolute Gasteiger partial charge is 0.0449 e. The number of fused-ring (bicyclic) bond motifs is 4. The number of hydrogen-bond donors (Lipinski definition) is 0. The molecular formula is C33H26S6. The van der Waals surface area contributed by atoms with Gasteiger partial charge in [0.15, 0.2) is 0 Å². The van der Waals surface area contributed by atoms with Gasteiger partial charge in [-0.15, -0.1) is 45.3 Å². The van der Waals surface area contributed by atoms with Gasteiger partial charge in [-0.25, -0.2) is 0 Å². The van der Waals surface area contributed by atoms with Gasteiger partial charge in [-0.1, -0.05) is 30.3 Å². The van der Waals surface area contributed by atoms with Crippen molar-refractivity contribution in [3.63, 3.8) is 0 Å². The van der Waals surface area contributed by atoms with Gasteiger partial charge in [0.2, 0.25) is 0 Å². The minimum absolute atomic E-state index is 1.04.